The van der Waals surface area contributed by atoms with E-state index in [0.717, 1.165) is 30.7 Å². The van der Waals surface area contributed by atoms with Gasteiger partial charge in [0.1, 0.15) is 0 Å². The normalized spacial score (nSPS) is 29.2. The fraction of sp³-hybridized carbons (Fsp3) is 0.857. The molecule has 2 heterocycles. The van der Waals surface area contributed by atoms with Crippen LogP contribution in [0.2, 0.25) is 0 Å². The number of aromatic nitrogens is 2. The van der Waals surface area contributed by atoms with Gasteiger partial charge in [0, 0.05) is 19.0 Å². The fourth-order valence-electron chi connectivity index (χ4n) is 3.16. The molecule has 1 aliphatic carbocycles. The maximum Gasteiger partial charge on any atom is 0.232 e. The number of hydrogen-bond donors (Lipinski definition) is 1. The van der Waals surface area contributed by atoms with Crippen molar-refractivity contribution in [3.05, 3.63) is 11.7 Å². The minimum atomic E-state index is 0.461. The van der Waals surface area contributed by atoms with Gasteiger partial charge in [0.15, 0.2) is 5.82 Å². The zero-order valence-electron chi connectivity index (χ0n) is 11.2. The molecule has 1 saturated heterocycles. The zero-order valence-corrected chi connectivity index (χ0v) is 11.2. The molecule has 100 valence electrons. The van der Waals surface area contributed by atoms with Gasteiger partial charge in [-0.25, -0.2) is 0 Å². The highest BCUT2D eigenvalue weighted by atomic mass is 16.5. The van der Waals surface area contributed by atoms with Crippen LogP contribution in [0.4, 0.5) is 0 Å². The molecule has 18 heavy (non-hydrogen) atoms. The van der Waals surface area contributed by atoms with Crippen LogP contribution in [0.5, 0.6) is 0 Å². The van der Waals surface area contributed by atoms with Gasteiger partial charge in [-0.05, 0) is 31.6 Å². The summed E-state index contributed by atoms with van der Waals surface area (Å²) in [5, 5.41) is 7.44. The van der Waals surface area contributed by atoms with Gasteiger partial charge in [0.05, 0.1) is 5.92 Å². The van der Waals surface area contributed by atoms with Gasteiger partial charge in [-0.15, -0.1) is 0 Å². The quantitative estimate of drug-likeness (QED) is 0.891. The highest BCUT2D eigenvalue weighted by Gasteiger charge is 2.29. The molecule has 2 aliphatic rings. The van der Waals surface area contributed by atoms with Gasteiger partial charge >= 0.3 is 0 Å². The molecule has 0 atom stereocenters. The van der Waals surface area contributed by atoms with Crippen LogP contribution in [-0.4, -0.2) is 23.2 Å². The Morgan fingerprint density at radius 3 is 2.56 bits per heavy atom. The van der Waals surface area contributed by atoms with E-state index < -0.39 is 0 Å². The Labute approximate surface area is 109 Å². The second-order valence-electron chi connectivity index (χ2n) is 5.85. The van der Waals surface area contributed by atoms with Gasteiger partial charge in [-0.1, -0.05) is 24.9 Å². The predicted molar refractivity (Wildman–Crippen MR) is 69.5 cm³/mol. The first-order valence-electron chi connectivity index (χ1n) is 7.41. The van der Waals surface area contributed by atoms with Crippen LogP contribution < -0.4 is 5.32 Å². The van der Waals surface area contributed by atoms with Crippen molar-refractivity contribution in [1.82, 2.24) is 15.5 Å². The van der Waals surface area contributed by atoms with E-state index in [1.165, 1.54) is 38.5 Å². The van der Waals surface area contributed by atoms with E-state index >= 15 is 0 Å². The van der Waals surface area contributed by atoms with E-state index in [2.05, 4.69) is 22.4 Å². The minimum absolute atomic E-state index is 0.461. The summed E-state index contributed by atoms with van der Waals surface area (Å²) in [6.45, 7) is 4.26. The van der Waals surface area contributed by atoms with Crippen LogP contribution in [0, 0.1) is 5.92 Å². The van der Waals surface area contributed by atoms with Crippen LogP contribution in [0.15, 0.2) is 4.52 Å². The molecule has 1 aromatic rings. The monoisotopic (exact) mass is 249 g/mol. The highest BCUT2D eigenvalue weighted by Crippen LogP contribution is 2.36. The zero-order chi connectivity index (χ0) is 12.4. The molecule has 1 aliphatic heterocycles. The molecule has 1 aromatic heterocycles. The van der Waals surface area contributed by atoms with Crippen molar-refractivity contribution in [3.8, 4) is 0 Å². The average Bonchev–Trinajstić information content (AvgIpc) is 2.77. The Morgan fingerprint density at radius 1 is 1.17 bits per heavy atom. The largest absolute Gasteiger partial charge is 0.339 e. The van der Waals surface area contributed by atoms with Crippen molar-refractivity contribution in [2.75, 3.05) is 13.1 Å². The number of nitrogens with one attached hydrogen (secondary N) is 1. The number of rotatable bonds is 4. The maximum absolute atomic E-state index is 5.40. The third-order valence-corrected chi connectivity index (χ3v) is 4.50. The van der Waals surface area contributed by atoms with Gasteiger partial charge in [0.2, 0.25) is 5.89 Å². The van der Waals surface area contributed by atoms with Crippen LogP contribution >= 0.6 is 0 Å². The van der Waals surface area contributed by atoms with Crippen LogP contribution in [0.3, 0.4) is 0 Å². The van der Waals surface area contributed by atoms with Gasteiger partial charge in [0.25, 0.3) is 0 Å². The topological polar surface area (TPSA) is 51.0 Å². The van der Waals surface area contributed by atoms with Crippen LogP contribution in [0.1, 0.15) is 69.0 Å². The Hall–Kier alpha value is -0.900. The molecule has 2 fully saturated rings. The number of nitrogens with zero attached hydrogens (tertiary/aromatic N) is 2. The van der Waals surface area contributed by atoms with E-state index in [4.69, 9.17) is 4.52 Å². The van der Waals surface area contributed by atoms with E-state index in [-0.39, 0.29) is 0 Å². The smallest absolute Gasteiger partial charge is 0.232 e. The molecular weight excluding hydrogens is 226 g/mol. The summed E-state index contributed by atoms with van der Waals surface area (Å²) in [6, 6.07) is 0. The molecule has 1 saturated carbocycles. The van der Waals surface area contributed by atoms with Crippen molar-refractivity contribution in [2.45, 2.75) is 57.3 Å². The van der Waals surface area contributed by atoms with Crippen molar-refractivity contribution in [2.24, 2.45) is 5.92 Å². The molecule has 0 bridgehead atoms. The molecule has 0 aromatic carbocycles. The Kier molecular flexibility index (Phi) is 3.64. The first-order valence-corrected chi connectivity index (χ1v) is 7.41. The lowest BCUT2D eigenvalue weighted by molar-refractivity contribution is 0.287. The van der Waals surface area contributed by atoms with Gasteiger partial charge < -0.3 is 9.84 Å². The molecule has 0 radical (unpaired) electrons. The summed E-state index contributed by atoms with van der Waals surface area (Å²) in [7, 11) is 0. The second-order valence-corrected chi connectivity index (χ2v) is 5.85. The van der Waals surface area contributed by atoms with E-state index in [1.54, 1.807) is 0 Å². The fourth-order valence-corrected chi connectivity index (χ4v) is 3.16. The summed E-state index contributed by atoms with van der Waals surface area (Å²) in [6.07, 6.45) is 7.87. The maximum atomic E-state index is 5.40. The lowest BCUT2D eigenvalue weighted by Crippen LogP contribution is -2.40. The summed E-state index contributed by atoms with van der Waals surface area (Å²) in [4.78, 5) is 4.61. The molecular formula is C14H23N3O. The molecule has 0 amide bonds. The van der Waals surface area contributed by atoms with Crippen molar-refractivity contribution >= 4 is 0 Å². The molecule has 1 N–H and O–H groups in total. The van der Waals surface area contributed by atoms with E-state index in [9.17, 15) is 0 Å². The molecule has 4 nitrogen and oxygen atoms in total. The Balaban J connectivity index is 1.57. The predicted octanol–water partition coefficient (Wildman–Crippen LogP) is 2.83. The van der Waals surface area contributed by atoms with Crippen molar-refractivity contribution < 1.29 is 4.52 Å². The van der Waals surface area contributed by atoms with Gasteiger partial charge in [-0.3, -0.25) is 0 Å². The molecule has 0 unspecified atom stereocenters. The summed E-state index contributed by atoms with van der Waals surface area (Å²) in [5.41, 5.74) is 0. The molecule has 4 heteroatoms. The van der Waals surface area contributed by atoms with E-state index in [0.29, 0.717) is 11.8 Å². The van der Waals surface area contributed by atoms with Crippen LogP contribution in [-0.2, 0) is 0 Å². The lowest BCUT2D eigenvalue weighted by Gasteiger charge is -2.26. The third kappa shape index (κ3) is 2.44. The second kappa shape index (κ2) is 5.39. The standard InChI is InChI=1S/C14H23N3O/c1-2-3-10-4-6-11(7-5-10)13-16-14(18-17-13)12-8-15-9-12/h10-12,15H,2-9H2,1H3. The van der Waals surface area contributed by atoms with Gasteiger partial charge in [-0.2, -0.15) is 4.98 Å². The molecule has 3 rings (SSSR count). The summed E-state index contributed by atoms with van der Waals surface area (Å²) in [5.74, 6) is 3.76. The minimum Gasteiger partial charge on any atom is -0.339 e. The first kappa shape index (κ1) is 12.2. The third-order valence-electron chi connectivity index (χ3n) is 4.50. The summed E-state index contributed by atoms with van der Waals surface area (Å²) >= 11 is 0. The van der Waals surface area contributed by atoms with Crippen molar-refractivity contribution in [1.29, 1.82) is 0 Å². The van der Waals surface area contributed by atoms with Crippen LogP contribution in [0.25, 0.3) is 0 Å². The first-order chi connectivity index (χ1) is 8.86. The Morgan fingerprint density at radius 2 is 1.94 bits per heavy atom. The van der Waals surface area contributed by atoms with Crippen molar-refractivity contribution in [3.63, 3.8) is 0 Å². The highest BCUT2D eigenvalue weighted by molar-refractivity contribution is 5.04. The molecule has 0 spiro atoms. The SMILES string of the molecule is CCCC1CCC(c2noc(C3CNC3)n2)CC1. The summed E-state index contributed by atoms with van der Waals surface area (Å²) < 4.78 is 5.40. The average molecular weight is 249 g/mol. The lowest BCUT2D eigenvalue weighted by atomic mass is 9.80. The van der Waals surface area contributed by atoms with E-state index in [1.807, 2.05) is 0 Å². The Bertz CT molecular complexity index is 378. The number of hydrogen-bond acceptors (Lipinski definition) is 4.